The van der Waals surface area contributed by atoms with Gasteiger partial charge in [-0.3, -0.25) is 0 Å². The molecule has 0 amide bonds. The van der Waals surface area contributed by atoms with E-state index < -0.39 is 0 Å². The normalized spacial score (nSPS) is 21.3. The molecule has 1 aromatic heterocycles. The van der Waals surface area contributed by atoms with Crippen LogP contribution in [0.3, 0.4) is 0 Å². The average molecular weight is 251 g/mol. The predicted molar refractivity (Wildman–Crippen MR) is 73.9 cm³/mol. The van der Waals surface area contributed by atoms with Crippen LogP contribution in [0.15, 0.2) is 16.5 Å². The summed E-state index contributed by atoms with van der Waals surface area (Å²) in [5, 5.41) is 7.05. The second-order valence-electron chi connectivity index (χ2n) is 5.21. The van der Waals surface area contributed by atoms with E-state index in [0.29, 0.717) is 6.04 Å². The fourth-order valence-corrected chi connectivity index (χ4v) is 2.42. The van der Waals surface area contributed by atoms with Gasteiger partial charge in [0.05, 0.1) is 0 Å². The first-order chi connectivity index (χ1) is 8.74. The maximum atomic E-state index is 5.54. The van der Waals surface area contributed by atoms with Gasteiger partial charge in [-0.2, -0.15) is 0 Å². The monoisotopic (exact) mass is 251 g/mol. The molecule has 2 heterocycles. The molecular formula is C14H25N3O. The van der Waals surface area contributed by atoms with Gasteiger partial charge in [0.1, 0.15) is 11.5 Å². The Morgan fingerprint density at radius 3 is 3.06 bits per heavy atom. The maximum Gasteiger partial charge on any atom is 0.105 e. The van der Waals surface area contributed by atoms with Crippen molar-refractivity contribution in [1.82, 2.24) is 15.5 Å². The first-order valence-corrected chi connectivity index (χ1v) is 6.92. The van der Waals surface area contributed by atoms with Crippen LogP contribution in [-0.2, 0) is 6.42 Å². The Hall–Kier alpha value is -0.840. The van der Waals surface area contributed by atoms with Gasteiger partial charge in [0.15, 0.2) is 0 Å². The molecule has 1 aromatic rings. The van der Waals surface area contributed by atoms with Crippen molar-refractivity contribution in [2.45, 2.75) is 25.8 Å². The van der Waals surface area contributed by atoms with Gasteiger partial charge in [-0.15, -0.1) is 0 Å². The molecule has 102 valence electrons. The third kappa shape index (κ3) is 4.44. The van der Waals surface area contributed by atoms with Crippen molar-refractivity contribution >= 4 is 0 Å². The van der Waals surface area contributed by atoms with Crippen LogP contribution >= 0.6 is 0 Å². The molecule has 0 bridgehead atoms. The summed E-state index contributed by atoms with van der Waals surface area (Å²) in [6, 6.07) is 4.73. The van der Waals surface area contributed by atoms with Crippen LogP contribution in [0.1, 0.15) is 17.9 Å². The van der Waals surface area contributed by atoms with E-state index >= 15 is 0 Å². The molecule has 18 heavy (non-hydrogen) atoms. The lowest BCUT2D eigenvalue weighted by atomic mass is 10.1. The van der Waals surface area contributed by atoms with E-state index in [1.807, 2.05) is 13.0 Å². The topological polar surface area (TPSA) is 40.4 Å². The number of nitrogens with one attached hydrogen (secondary N) is 2. The molecule has 2 N–H and O–H groups in total. The van der Waals surface area contributed by atoms with E-state index in [1.165, 1.54) is 19.5 Å². The van der Waals surface area contributed by atoms with Gasteiger partial charge < -0.3 is 20.0 Å². The minimum absolute atomic E-state index is 0.641. The Labute approximate surface area is 110 Å². The van der Waals surface area contributed by atoms with Gasteiger partial charge in [-0.1, -0.05) is 0 Å². The second kappa shape index (κ2) is 6.92. The third-order valence-corrected chi connectivity index (χ3v) is 3.47. The molecule has 4 nitrogen and oxygen atoms in total. The highest BCUT2D eigenvalue weighted by atomic mass is 16.3. The van der Waals surface area contributed by atoms with Crippen molar-refractivity contribution in [2.24, 2.45) is 0 Å². The van der Waals surface area contributed by atoms with E-state index in [-0.39, 0.29) is 0 Å². The van der Waals surface area contributed by atoms with E-state index in [4.69, 9.17) is 4.42 Å². The second-order valence-corrected chi connectivity index (χ2v) is 5.21. The smallest absolute Gasteiger partial charge is 0.105 e. The lowest BCUT2D eigenvalue weighted by Gasteiger charge is -2.30. The van der Waals surface area contributed by atoms with Gasteiger partial charge in [0, 0.05) is 38.6 Å². The summed E-state index contributed by atoms with van der Waals surface area (Å²) in [5.41, 5.74) is 0. The molecule has 0 saturated carbocycles. The van der Waals surface area contributed by atoms with Gasteiger partial charge in [0.2, 0.25) is 0 Å². The first-order valence-electron chi connectivity index (χ1n) is 6.92. The van der Waals surface area contributed by atoms with Crippen LogP contribution in [-0.4, -0.2) is 50.7 Å². The van der Waals surface area contributed by atoms with Crippen LogP contribution < -0.4 is 10.6 Å². The molecule has 0 spiro atoms. The van der Waals surface area contributed by atoms with E-state index in [1.54, 1.807) is 0 Å². The Bertz CT molecular complexity index is 351. The highest BCUT2D eigenvalue weighted by molar-refractivity contribution is 5.05. The number of likely N-dealkylation sites (N-methyl/N-ethyl adjacent to an activating group) is 1. The van der Waals surface area contributed by atoms with Crippen molar-refractivity contribution in [2.75, 3.05) is 39.8 Å². The Kier molecular flexibility index (Phi) is 5.23. The van der Waals surface area contributed by atoms with Gasteiger partial charge in [-0.05, 0) is 39.1 Å². The van der Waals surface area contributed by atoms with E-state index in [9.17, 15) is 0 Å². The average Bonchev–Trinajstić information content (AvgIpc) is 2.75. The lowest BCUT2D eigenvalue weighted by Crippen LogP contribution is -2.49. The van der Waals surface area contributed by atoms with Crippen LogP contribution in [0.2, 0.25) is 0 Å². The zero-order valence-corrected chi connectivity index (χ0v) is 11.5. The molecule has 1 saturated heterocycles. The molecule has 0 aromatic carbocycles. The van der Waals surface area contributed by atoms with Crippen molar-refractivity contribution in [3.8, 4) is 0 Å². The molecule has 1 unspecified atom stereocenters. The van der Waals surface area contributed by atoms with Gasteiger partial charge in [-0.25, -0.2) is 0 Å². The highest BCUT2D eigenvalue weighted by Crippen LogP contribution is 2.06. The molecule has 1 aliphatic heterocycles. The molecule has 0 radical (unpaired) electrons. The summed E-state index contributed by atoms with van der Waals surface area (Å²) in [5.74, 6) is 2.08. The summed E-state index contributed by atoms with van der Waals surface area (Å²) < 4.78 is 5.54. The van der Waals surface area contributed by atoms with Crippen LogP contribution in [0.25, 0.3) is 0 Å². The summed E-state index contributed by atoms with van der Waals surface area (Å²) in [6.07, 6.45) is 2.17. The van der Waals surface area contributed by atoms with E-state index in [2.05, 4.69) is 28.6 Å². The van der Waals surface area contributed by atoms with Crippen molar-refractivity contribution in [1.29, 1.82) is 0 Å². The molecule has 1 atom stereocenters. The molecule has 4 heteroatoms. The van der Waals surface area contributed by atoms with Crippen LogP contribution in [0.5, 0.6) is 0 Å². The summed E-state index contributed by atoms with van der Waals surface area (Å²) in [4.78, 5) is 2.40. The zero-order chi connectivity index (χ0) is 12.8. The largest absolute Gasteiger partial charge is 0.466 e. The molecule has 2 rings (SSSR count). The molecule has 1 aliphatic rings. The van der Waals surface area contributed by atoms with Crippen molar-refractivity contribution < 1.29 is 4.42 Å². The Morgan fingerprint density at radius 2 is 2.33 bits per heavy atom. The van der Waals surface area contributed by atoms with Crippen LogP contribution in [0.4, 0.5) is 0 Å². The number of rotatable bonds is 6. The maximum absolute atomic E-state index is 5.54. The number of hydrogen-bond donors (Lipinski definition) is 2. The fraction of sp³-hybridized carbons (Fsp3) is 0.714. The Morgan fingerprint density at radius 1 is 1.44 bits per heavy atom. The number of hydrogen-bond acceptors (Lipinski definition) is 4. The molecular weight excluding hydrogens is 226 g/mol. The number of aryl methyl sites for hydroxylation is 1. The minimum Gasteiger partial charge on any atom is -0.466 e. The van der Waals surface area contributed by atoms with Crippen molar-refractivity contribution in [3.05, 3.63) is 23.7 Å². The summed E-state index contributed by atoms with van der Waals surface area (Å²) in [7, 11) is 2.19. The van der Waals surface area contributed by atoms with Gasteiger partial charge >= 0.3 is 0 Å². The summed E-state index contributed by atoms with van der Waals surface area (Å²) >= 11 is 0. The number of furan rings is 1. The van der Waals surface area contributed by atoms with Gasteiger partial charge in [0.25, 0.3) is 0 Å². The standard InChI is InChI=1S/C14H25N3O/c1-12-3-4-14(18-12)6-8-15-7-5-13-11-17(2)10-9-16-13/h3-4,13,15-16H,5-11H2,1-2H3. The molecule has 0 aliphatic carbocycles. The number of piperazine rings is 1. The lowest BCUT2D eigenvalue weighted by molar-refractivity contribution is 0.231. The van der Waals surface area contributed by atoms with Crippen LogP contribution in [0, 0.1) is 6.92 Å². The molecule has 1 fully saturated rings. The zero-order valence-electron chi connectivity index (χ0n) is 11.5. The summed E-state index contributed by atoms with van der Waals surface area (Å²) in [6.45, 7) is 7.51. The first kappa shape index (κ1) is 13.6. The third-order valence-electron chi connectivity index (χ3n) is 3.47. The SMILES string of the molecule is Cc1ccc(CCNCCC2CN(C)CCN2)o1. The minimum atomic E-state index is 0.641. The highest BCUT2D eigenvalue weighted by Gasteiger charge is 2.15. The predicted octanol–water partition coefficient (Wildman–Crippen LogP) is 1.01. The quantitative estimate of drug-likeness (QED) is 0.741. The Balaban J connectivity index is 1.53. The van der Waals surface area contributed by atoms with E-state index in [0.717, 1.165) is 37.6 Å². The van der Waals surface area contributed by atoms with Crippen molar-refractivity contribution in [3.63, 3.8) is 0 Å². The fourth-order valence-electron chi connectivity index (χ4n) is 2.42. The number of nitrogens with zero attached hydrogens (tertiary/aromatic N) is 1.